The van der Waals surface area contributed by atoms with Gasteiger partial charge in [0.2, 0.25) is 0 Å². The molecule has 1 aliphatic rings. The van der Waals surface area contributed by atoms with Crippen molar-refractivity contribution in [1.29, 1.82) is 0 Å². The molecule has 78 valence electrons. The monoisotopic (exact) mass is 207 g/mol. The van der Waals surface area contributed by atoms with E-state index >= 15 is 0 Å². The molecule has 16 heavy (non-hydrogen) atoms. The van der Waals surface area contributed by atoms with Gasteiger partial charge in [0, 0.05) is 11.3 Å². The lowest BCUT2D eigenvalue weighted by Crippen LogP contribution is -1.90. The number of allylic oxidation sites excluding steroid dienone is 1. The van der Waals surface area contributed by atoms with Crippen LogP contribution >= 0.6 is 0 Å². The van der Waals surface area contributed by atoms with Crippen LogP contribution in [0.4, 0.5) is 0 Å². The van der Waals surface area contributed by atoms with Crippen LogP contribution in [-0.4, -0.2) is 4.98 Å². The molecule has 1 heteroatoms. The molecule has 1 nitrogen and oxygen atoms in total. The summed E-state index contributed by atoms with van der Waals surface area (Å²) in [6.45, 7) is 2.03. The van der Waals surface area contributed by atoms with Gasteiger partial charge in [0.25, 0.3) is 0 Å². The number of hydrogen-bond acceptors (Lipinski definition) is 1. The summed E-state index contributed by atoms with van der Waals surface area (Å²) in [6.07, 6.45) is 5.47. The molecule has 2 aromatic rings. The van der Waals surface area contributed by atoms with Crippen LogP contribution < -0.4 is 0 Å². The fourth-order valence-electron chi connectivity index (χ4n) is 2.21. The van der Waals surface area contributed by atoms with Gasteiger partial charge in [0.1, 0.15) is 0 Å². The Bertz CT molecular complexity index is 567. The minimum absolute atomic E-state index is 1.05. The van der Waals surface area contributed by atoms with Crippen molar-refractivity contribution < 1.29 is 0 Å². The predicted molar refractivity (Wildman–Crippen MR) is 67.1 cm³/mol. The van der Waals surface area contributed by atoms with Crippen molar-refractivity contribution in [2.24, 2.45) is 0 Å². The Balaban J connectivity index is 2.21. The van der Waals surface area contributed by atoms with E-state index in [-0.39, 0.29) is 0 Å². The molecule has 0 atom stereocenters. The molecular formula is C15H13N. The Hall–Kier alpha value is -1.89. The lowest BCUT2D eigenvalue weighted by atomic mass is 10.0. The molecule has 0 radical (unpaired) electrons. The molecule has 1 aliphatic carbocycles. The molecular weight excluding hydrogens is 194 g/mol. The number of fused-ring (bicyclic) bond motifs is 1. The van der Waals surface area contributed by atoms with Crippen LogP contribution in [-0.2, 0) is 6.42 Å². The van der Waals surface area contributed by atoms with Crippen molar-refractivity contribution in [1.82, 2.24) is 4.98 Å². The van der Waals surface area contributed by atoms with Crippen molar-refractivity contribution in [2.45, 2.75) is 13.3 Å². The molecule has 0 unspecified atom stereocenters. The van der Waals surface area contributed by atoms with E-state index in [1.54, 1.807) is 0 Å². The van der Waals surface area contributed by atoms with Crippen molar-refractivity contribution in [3.8, 4) is 11.3 Å². The first kappa shape index (κ1) is 9.34. The number of pyridine rings is 1. The van der Waals surface area contributed by atoms with Gasteiger partial charge in [-0.1, -0.05) is 36.4 Å². The summed E-state index contributed by atoms with van der Waals surface area (Å²) in [5, 5.41) is 0. The number of hydrogen-bond donors (Lipinski definition) is 0. The number of aromatic nitrogens is 1. The molecule has 1 heterocycles. The maximum atomic E-state index is 4.59. The average Bonchev–Trinajstić information content (AvgIpc) is 2.76. The van der Waals surface area contributed by atoms with Crippen LogP contribution in [0.5, 0.6) is 0 Å². The van der Waals surface area contributed by atoms with Gasteiger partial charge in [-0.2, -0.15) is 0 Å². The van der Waals surface area contributed by atoms with Gasteiger partial charge in [-0.25, -0.2) is 0 Å². The SMILES string of the molecule is Cc1cccc(-c2cccc3c2C=CC3)n1. The van der Waals surface area contributed by atoms with Crippen LogP contribution in [0.1, 0.15) is 16.8 Å². The maximum Gasteiger partial charge on any atom is 0.0711 e. The van der Waals surface area contributed by atoms with E-state index in [1.807, 2.05) is 13.0 Å². The van der Waals surface area contributed by atoms with Crippen LogP contribution in [0.2, 0.25) is 0 Å². The summed E-state index contributed by atoms with van der Waals surface area (Å²) in [4.78, 5) is 4.59. The molecule has 0 saturated carbocycles. The fourth-order valence-corrected chi connectivity index (χ4v) is 2.21. The highest BCUT2D eigenvalue weighted by atomic mass is 14.7. The highest BCUT2D eigenvalue weighted by Gasteiger charge is 2.11. The van der Waals surface area contributed by atoms with Crippen molar-refractivity contribution in [2.75, 3.05) is 0 Å². The molecule has 0 spiro atoms. The lowest BCUT2D eigenvalue weighted by Gasteiger charge is -2.07. The summed E-state index contributed by atoms with van der Waals surface area (Å²) in [6, 6.07) is 12.6. The normalized spacial score (nSPS) is 12.8. The van der Waals surface area contributed by atoms with E-state index in [0.717, 1.165) is 17.8 Å². The topological polar surface area (TPSA) is 12.9 Å². The second-order valence-corrected chi connectivity index (χ2v) is 4.15. The summed E-state index contributed by atoms with van der Waals surface area (Å²) >= 11 is 0. The fraction of sp³-hybridized carbons (Fsp3) is 0.133. The second kappa shape index (κ2) is 3.60. The molecule has 0 N–H and O–H groups in total. The Morgan fingerprint density at radius 1 is 1.06 bits per heavy atom. The van der Waals surface area contributed by atoms with E-state index in [1.165, 1.54) is 16.7 Å². The number of rotatable bonds is 1. The van der Waals surface area contributed by atoms with Gasteiger partial charge >= 0.3 is 0 Å². The van der Waals surface area contributed by atoms with Crippen molar-refractivity contribution in [3.63, 3.8) is 0 Å². The molecule has 0 aliphatic heterocycles. The molecule has 1 aromatic carbocycles. The summed E-state index contributed by atoms with van der Waals surface area (Å²) in [5.41, 5.74) is 6.12. The van der Waals surface area contributed by atoms with Crippen LogP contribution in [0.3, 0.4) is 0 Å². The van der Waals surface area contributed by atoms with E-state index in [9.17, 15) is 0 Å². The van der Waals surface area contributed by atoms with Gasteiger partial charge < -0.3 is 0 Å². The first-order valence-electron chi connectivity index (χ1n) is 5.57. The zero-order valence-corrected chi connectivity index (χ0v) is 9.27. The predicted octanol–water partition coefficient (Wildman–Crippen LogP) is 3.63. The standard InChI is InChI=1S/C15H13N/c1-11-5-2-10-15(16-11)14-9-4-7-12-6-3-8-13(12)14/h2-5,7-10H,6H2,1H3. The lowest BCUT2D eigenvalue weighted by molar-refractivity contribution is 1.20. The van der Waals surface area contributed by atoms with Crippen molar-refractivity contribution >= 4 is 6.08 Å². The van der Waals surface area contributed by atoms with E-state index in [2.05, 4.69) is 47.5 Å². The zero-order chi connectivity index (χ0) is 11.0. The largest absolute Gasteiger partial charge is 0.253 e. The van der Waals surface area contributed by atoms with E-state index < -0.39 is 0 Å². The molecule has 0 amide bonds. The van der Waals surface area contributed by atoms with Gasteiger partial charge in [0.15, 0.2) is 0 Å². The second-order valence-electron chi connectivity index (χ2n) is 4.15. The first-order chi connectivity index (χ1) is 7.84. The number of nitrogens with zero attached hydrogens (tertiary/aromatic N) is 1. The number of benzene rings is 1. The average molecular weight is 207 g/mol. The minimum atomic E-state index is 1.05. The van der Waals surface area contributed by atoms with Gasteiger partial charge in [-0.15, -0.1) is 0 Å². The summed E-state index contributed by atoms with van der Waals surface area (Å²) < 4.78 is 0. The van der Waals surface area contributed by atoms with E-state index in [4.69, 9.17) is 0 Å². The Morgan fingerprint density at radius 2 is 1.94 bits per heavy atom. The van der Waals surface area contributed by atoms with Gasteiger partial charge in [0.05, 0.1) is 5.69 Å². The van der Waals surface area contributed by atoms with Crippen LogP contribution in [0.25, 0.3) is 17.3 Å². The van der Waals surface area contributed by atoms with Gasteiger partial charge in [-0.3, -0.25) is 4.98 Å². The Morgan fingerprint density at radius 3 is 2.81 bits per heavy atom. The van der Waals surface area contributed by atoms with Crippen LogP contribution in [0, 0.1) is 6.92 Å². The number of aryl methyl sites for hydroxylation is 1. The highest BCUT2D eigenvalue weighted by Crippen LogP contribution is 2.30. The van der Waals surface area contributed by atoms with E-state index in [0.29, 0.717) is 0 Å². The third-order valence-corrected chi connectivity index (χ3v) is 2.98. The maximum absolute atomic E-state index is 4.59. The summed E-state index contributed by atoms with van der Waals surface area (Å²) in [5.74, 6) is 0. The quantitative estimate of drug-likeness (QED) is 0.696. The van der Waals surface area contributed by atoms with Crippen LogP contribution in [0.15, 0.2) is 42.5 Å². The Labute approximate surface area is 95.5 Å². The van der Waals surface area contributed by atoms with Crippen molar-refractivity contribution in [3.05, 3.63) is 59.3 Å². The minimum Gasteiger partial charge on any atom is -0.253 e. The molecule has 0 saturated heterocycles. The molecule has 0 fully saturated rings. The highest BCUT2D eigenvalue weighted by molar-refractivity contribution is 5.77. The van der Waals surface area contributed by atoms with Gasteiger partial charge in [-0.05, 0) is 36.6 Å². The Kier molecular flexibility index (Phi) is 2.10. The third-order valence-electron chi connectivity index (χ3n) is 2.98. The zero-order valence-electron chi connectivity index (χ0n) is 9.27. The third kappa shape index (κ3) is 1.45. The molecule has 3 rings (SSSR count). The molecule has 0 bridgehead atoms. The molecule has 1 aromatic heterocycles. The first-order valence-corrected chi connectivity index (χ1v) is 5.57. The summed E-state index contributed by atoms with van der Waals surface area (Å²) in [7, 11) is 0. The smallest absolute Gasteiger partial charge is 0.0711 e.